The molecule has 2 radical (unpaired) electrons. The molecule has 0 bridgehead atoms. The van der Waals surface area contributed by atoms with Gasteiger partial charge in [-0.25, -0.2) is 0 Å². The molecule has 10 heavy (non-hydrogen) atoms. The lowest BCUT2D eigenvalue weighted by molar-refractivity contribution is 0.338. The van der Waals surface area contributed by atoms with Crippen molar-refractivity contribution in [3.8, 4) is 0 Å². The first-order valence-corrected chi connectivity index (χ1v) is 5.49. The summed E-state index contributed by atoms with van der Waals surface area (Å²) in [5.41, 5.74) is 7.14. The molecule has 3 heteroatoms. The van der Waals surface area contributed by atoms with E-state index in [1.54, 1.807) is 0 Å². The van der Waals surface area contributed by atoms with E-state index in [1.165, 1.54) is 47.5 Å². The zero-order chi connectivity index (χ0) is 6.86. The lowest BCUT2D eigenvalue weighted by Crippen LogP contribution is -2.31. The van der Waals surface area contributed by atoms with E-state index in [0.29, 0.717) is 5.41 Å². The van der Waals surface area contributed by atoms with Gasteiger partial charge >= 0.3 is 0 Å². The smallest absolute Gasteiger partial charge is 0.0384 e. The second-order valence-corrected chi connectivity index (χ2v) is 4.84. The van der Waals surface area contributed by atoms with Gasteiger partial charge in [-0.3, -0.25) is 10.9 Å². The number of hydrogen-bond acceptors (Lipinski definition) is 2. The Hall–Kier alpha value is 0.137. The molecule has 2 fully saturated rings. The van der Waals surface area contributed by atoms with Crippen LogP contribution in [0.5, 0.6) is 0 Å². The van der Waals surface area contributed by atoms with Crippen molar-refractivity contribution in [2.45, 2.75) is 24.9 Å². The predicted molar refractivity (Wildman–Crippen MR) is 43.0 cm³/mol. The van der Waals surface area contributed by atoms with Crippen LogP contribution in [-0.2, 0) is 0 Å². The molecule has 0 atom stereocenters. The molecule has 0 aromatic rings. The van der Waals surface area contributed by atoms with Crippen LogP contribution in [0, 0.1) is 5.41 Å². The Morgan fingerprint density at radius 1 is 1.20 bits per heavy atom. The van der Waals surface area contributed by atoms with Gasteiger partial charge in [0.1, 0.15) is 0 Å². The fourth-order valence-corrected chi connectivity index (χ4v) is 3.46. The number of hydrazine groups is 1. The minimum Gasteiger partial charge on any atom is -0.257 e. The molecule has 0 saturated carbocycles. The molecule has 0 aliphatic carbocycles. The highest BCUT2D eigenvalue weighted by Gasteiger charge is 2.34. The maximum atomic E-state index is 3.24. The lowest BCUT2D eigenvalue weighted by Gasteiger charge is -2.30. The van der Waals surface area contributed by atoms with Crippen LogP contribution in [0.15, 0.2) is 0 Å². The van der Waals surface area contributed by atoms with Gasteiger partial charge < -0.3 is 0 Å². The van der Waals surface area contributed by atoms with Crippen molar-refractivity contribution >= 4 is 9.52 Å². The van der Waals surface area contributed by atoms with Gasteiger partial charge in [-0.05, 0) is 11.8 Å². The van der Waals surface area contributed by atoms with Crippen molar-refractivity contribution in [1.82, 2.24) is 10.9 Å². The zero-order valence-corrected chi connectivity index (χ0v) is 7.24. The summed E-state index contributed by atoms with van der Waals surface area (Å²) in [5.74, 6) is 0. The van der Waals surface area contributed by atoms with Crippen molar-refractivity contribution in [2.24, 2.45) is 5.41 Å². The quantitative estimate of drug-likeness (QED) is 0.494. The number of rotatable bonds is 0. The van der Waals surface area contributed by atoms with Crippen LogP contribution in [0.4, 0.5) is 0 Å². The first-order valence-electron chi connectivity index (χ1n) is 4.08. The van der Waals surface area contributed by atoms with E-state index in [4.69, 9.17) is 0 Å². The molecule has 2 nitrogen and oxygen atoms in total. The van der Waals surface area contributed by atoms with E-state index in [9.17, 15) is 0 Å². The molecule has 2 N–H and O–H groups in total. The summed E-state index contributed by atoms with van der Waals surface area (Å²) in [5, 5.41) is 0. The summed E-state index contributed by atoms with van der Waals surface area (Å²) in [4.78, 5) is 0. The Kier molecular flexibility index (Phi) is 1.80. The molecule has 56 valence electrons. The van der Waals surface area contributed by atoms with E-state index in [-0.39, 0.29) is 0 Å². The molecular weight excluding hydrogens is 140 g/mol. The number of nitrogens with one attached hydrogen (secondary N) is 2. The third-order valence-electron chi connectivity index (χ3n) is 2.61. The van der Waals surface area contributed by atoms with Crippen molar-refractivity contribution in [1.29, 1.82) is 0 Å². The zero-order valence-electron chi connectivity index (χ0n) is 6.24. The average molecular weight is 154 g/mol. The highest BCUT2D eigenvalue weighted by atomic mass is 28.2. The maximum Gasteiger partial charge on any atom is 0.0384 e. The van der Waals surface area contributed by atoms with Gasteiger partial charge in [-0.2, -0.15) is 0 Å². The number of hydrogen-bond donors (Lipinski definition) is 2. The fraction of sp³-hybridized carbons (Fsp3) is 1.00. The fourth-order valence-electron chi connectivity index (χ4n) is 1.89. The summed E-state index contributed by atoms with van der Waals surface area (Å²) in [6, 6.07) is 2.95. The standard InChI is InChI=1S/C7H14N2Si/c1-2-7(6-10-3-1)4-8-9-5-7/h8-9H,1-6H2. The summed E-state index contributed by atoms with van der Waals surface area (Å²) in [6.07, 6.45) is 2.90. The van der Waals surface area contributed by atoms with E-state index in [2.05, 4.69) is 10.9 Å². The highest BCUT2D eigenvalue weighted by Crippen LogP contribution is 2.34. The Morgan fingerprint density at radius 3 is 2.60 bits per heavy atom. The van der Waals surface area contributed by atoms with E-state index < -0.39 is 0 Å². The minimum absolute atomic E-state index is 0.663. The van der Waals surface area contributed by atoms with E-state index in [1.807, 2.05) is 0 Å². The molecule has 2 aliphatic heterocycles. The second kappa shape index (κ2) is 2.64. The maximum absolute atomic E-state index is 3.24. The Balaban J connectivity index is 1.98. The van der Waals surface area contributed by atoms with Gasteiger partial charge in [-0.15, -0.1) is 0 Å². The van der Waals surface area contributed by atoms with Gasteiger partial charge in [0.25, 0.3) is 0 Å². The summed E-state index contributed by atoms with van der Waals surface area (Å²) in [7, 11) is 1.23. The monoisotopic (exact) mass is 154 g/mol. The molecule has 2 heterocycles. The Labute approximate surface area is 64.6 Å². The molecule has 2 saturated heterocycles. The van der Waals surface area contributed by atoms with Crippen molar-refractivity contribution < 1.29 is 0 Å². The molecule has 2 rings (SSSR count). The molecule has 0 amide bonds. The Morgan fingerprint density at radius 2 is 2.00 bits per heavy atom. The van der Waals surface area contributed by atoms with Crippen LogP contribution in [0.2, 0.25) is 12.1 Å². The summed E-state index contributed by atoms with van der Waals surface area (Å²) >= 11 is 0. The molecule has 0 aromatic carbocycles. The molecule has 1 spiro atoms. The largest absolute Gasteiger partial charge is 0.257 e. The third kappa shape index (κ3) is 1.13. The summed E-state index contributed by atoms with van der Waals surface area (Å²) in [6.45, 7) is 2.42. The first-order chi connectivity index (χ1) is 4.91. The minimum atomic E-state index is 0.663. The van der Waals surface area contributed by atoms with Crippen LogP contribution in [-0.4, -0.2) is 22.6 Å². The van der Waals surface area contributed by atoms with Crippen molar-refractivity contribution in [3.05, 3.63) is 0 Å². The van der Waals surface area contributed by atoms with Crippen LogP contribution in [0.1, 0.15) is 12.8 Å². The van der Waals surface area contributed by atoms with Gasteiger partial charge in [0.15, 0.2) is 0 Å². The SMILES string of the molecule is C1C[Si]CC2(C1)CNNC2. The van der Waals surface area contributed by atoms with Crippen molar-refractivity contribution in [3.63, 3.8) is 0 Å². The van der Waals surface area contributed by atoms with Gasteiger partial charge in [0.2, 0.25) is 0 Å². The topological polar surface area (TPSA) is 24.1 Å². The highest BCUT2D eigenvalue weighted by molar-refractivity contribution is 6.36. The van der Waals surface area contributed by atoms with Crippen molar-refractivity contribution in [2.75, 3.05) is 13.1 Å². The van der Waals surface area contributed by atoms with Gasteiger partial charge in [-0.1, -0.05) is 18.5 Å². The second-order valence-electron chi connectivity index (χ2n) is 3.49. The van der Waals surface area contributed by atoms with E-state index in [0.717, 1.165) is 0 Å². The summed E-state index contributed by atoms with van der Waals surface area (Å²) < 4.78 is 0. The van der Waals surface area contributed by atoms with Crippen LogP contribution < -0.4 is 10.9 Å². The van der Waals surface area contributed by atoms with Crippen LogP contribution in [0.25, 0.3) is 0 Å². The Bertz CT molecular complexity index is 113. The van der Waals surface area contributed by atoms with Gasteiger partial charge in [0.05, 0.1) is 0 Å². The van der Waals surface area contributed by atoms with Gasteiger partial charge in [0, 0.05) is 22.6 Å². The van der Waals surface area contributed by atoms with Crippen LogP contribution in [0.3, 0.4) is 0 Å². The third-order valence-corrected chi connectivity index (χ3v) is 4.32. The van der Waals surface area contributed by atoms with Crippen LogP contribution >= 0.6 is 0 Å². The molecule has 0 aromatic heterocycles. The lowest BCUT2D eigenvalue weighted by atomic mass is 9.86. The molecule has 0 unspecified atom stereocenters. The molecule has 2 aliphatic rings. The normalized spacial score (nSPS) is 31.2. The first kappa shape index (κ1) is 6.82. The van der Waals surface area contributed by atoms with E-state index >= 15 is 0 Å². The average Bonchev–Trinajstić information content (AvgIpc) is 2.39. The predicted octanol–water partition coefficient (Wildman–Crippen LogP) is 0.415. The molecular formula is C7H14N2Si.